The van der Waals surface area contributed by atoms with E-state index >= 15 is 0 Å². The molecule has 0 bridgehead atoms. The molecule has 3 nitrogen and oxygen atoms in total. The molecule has 0 unspecified atom stereocenters. The van der Waals surface area contributed by atoms with Crippen LogP contribution in [0.15, 0.2) is 16.6 Å². The van der Waals surface area contributed by atoms with Gasteiger partial charge in [0.25, 0.3) is 5.91 Å². The van der Waals surface area contributed by atoms with Gasteiger partial charge in [0.2, 0.25) is 0 Å². The molecule has 1 aliphatic rings. The van der Waals surface area contributed by atoms with Crippen molar-refractivity contribution in [2.45, 2.75) is 31.8 Å². The summed E-state index contributed by atoms with van der Waals surface area (Å²) in [4.78, 5) is 11.9. The highest BCUT2D eigenvalue weighted by Gasteiger charge is 2.23. The minimum atomic E-state index is -0.891. The van der Waals surface area contributed by atoms with E-state index in [-0.39, 0.29) is 16.5 Å². The second-order valence-corrected chi connectivity index (χ2v) is 6.06. The Labute approximate surface area is 124 Å². The normalized spacial score (nSPS) is 22.6. The molecule has 110 valence electrons. The largest absolute Gasteiger partial charge is 0.393 e. The van der Waals surface area contributed by atoms with Gasteiger partial charge < -0.3 is 10.4 Å². The Morgan fingerprint density at radius 2 is 2.00 bits per heavy atom. The van der Waals surface area contributed by atoms with Crippen molar-refractivity contribution in [2.75, 3.05) is 6.54 Å². The molecule has 0 radical (unpaired) electrons. The van der Waals surface area contributed by atoms with Crippen LogP contribution in [-0.4, -0.2) is 23.7 Å². The molecule has 0 aromatic heterocycles. The number of aliphatic hydroxyl groups is 1. The maximum Gasteiger partial charge on any atom is 0.257 e. The van der Waals surface area contributed by atoms with E-state index in [1.165, 1.54) is 0 Å². The van der Waals surface area contributed by atoms with E-state index in [0.29, 0.717) is 13.0 Å². The third-order valence-electron chi connectivity index (χ3n) is 3.54. The van der Waals surface area contributed by atoms with Crippen molar-refractivity contribution in [1.29, 1.82) is 0 Å². The second-order valence-electron chi connectivity index (χ2n) is 5.14. The Balaban J connectivity index is 1.98. The van der Waals surface area contributed by atoms with Gasteiger partial charge in [0.15, 0.2) is 0 Å². The Kier molecular flexibility index (Phi) is 5.10. The van der Waals surface area contributed by atoms with Crippen LogP contribution in [0.4, 0.5) is 8.78 Å². The van der Waals surface area contributed by atoms with Crippen molar-refractivity contribution in [3.63, 3.8) is 0 Å². The van der Waals surface area contributed by atoms with Gasteiger partial charge in [-0.05, 0) is 37.3 Å². The molecule has 20 heavy (non-hydrogen) atoms. The molecule has 0 spiro atoms. The van der Waals surface area contributed by atoms with E-state index in [1.807, 2.05) is 0 Å². The second kappa shape index (κ2) is 6.63. The number of aliphatic hydroxyl groups excluding tert-OH is 1. The highest BCUT2D eigenvalue weighted by atomic mass is 79.9. The number of rotatable bonds is 3. The number of carbonyl (C=O) groups excluding carboxylic acids is 1. The van der Waals surface area contributed by atoms with Gasteiger partial charge in [-0.1, -0.05) is 22.4 Å². The van der Waals surface area contributed by atoms with Crippen LogP contribution in [-0.2, 0) is 0 Å². The lowest BCUT2D eigenvalue weighted by molar-refractivity contribution is 0.0867. The summed E-state index contributed by atoms with van der Waals surface area (Å²) < 4.78 is 27.5. The van der Waals surface area contributed by atoms with Gasteiger partial charge in [-0.25, -0.2) is 8.78 Å². The number of amides is 1. The van der Waals surface area contributed by atoms with Crippen LogP contribution >= 0.6 is 15.9 Å². The van der Waals surface area contributed by atoms with Crippen LogP contribution in [0.5, 0.6) is 0 Å². The number of hydrogen-bond donors (Lipinski definition) is 2. The molecule has 2 rings (SSSR count). The molecule has 1 amide bonds. The van der Waals surface area contributed by atoms with Crippen molar-refractivity contribution < 1.29 is 18.7 Å². The molecule has 0 saturated heterocycles. The summed E-state index contributed by atoms with van der Waals surface area (Å²) in [6, 6.07) is 2.12. The lowest BCUT2D eigenvalue weighted by Gasteiger charge is -2.25. The standard InChI is InChI=1S/C14H16BrF2NO2/c15-9-5-11(16)13(12(17)6-9)14(20)18-7-8-2-1-3-10(19)4-8/h5-6,8,10,19H,1-4,7H2,(H,18,20)/t8-,10-/m0/s1. The van der Waals surface area contributed by atoms with Gasteiger partial charge in [0.05, 0.1) is 6.10 Å². The zero-order chi connectivity index (χ0) is 14.7. The Bertz CT molecular complexity index is 487. The van der Waals surface area contributed by atoms with Crippen molar-refractivity contribution in [1.82, 2.24) is 5.32 Å². The van der Waals surface area contributed by atoms with Gasteiger partial charge in [-0.3, -0.25) is 4.79 Å². The zero-order valence-electron chi connectivity index (χ0n) is 10.8. The Morgan fingerprint density at radius 1 is 1.35 bits per heavy atom. The number of nitrogens with one attached hydrogen (secondary N) is 1. The Morgan fingerprint density at radius 3 is 2.60 bits per heavy atom. The van der Waals surface area contributed by atoms with E-state index < -0.39 is 23.1 Å². The molecule has 2 N–H and O–H groups in total. The molecular formula is C14H16BrF2NO2. The maximum absolute atomic E-state index is 13.6. The fraction of sp³-hybridized carbons (Fsp3) is 0.500. The van der Waals surface area contributed by atoms with Crippen molar-refractivity contribution >= 4 is 21.8 Å². The van der Waals surface area contributed by atoms with E-state index in [2.05, 4.69) is 21.2 Å². The summed E-state index contributed by atoms with van der Waals surface area (Å²) in [6.07, 6.45) is 2.86. The molecule has 0 aliphatic heterocycles. The molecular weight excluding hydrogens is 332 g/mol. The smallest absolute Gasteiger partial charge is 0.257 e. The average molecular weight is 348 g/mol. The summed E-state index contributed by atoms with van der Waals surface area (Å²) >= 11 is 2.96. The van der Waals surface area contributed by atoms with Gasteiger partial charge >= 0.3 is 0 Å². The maximum atomic E-state index is 13.6. The van der Waals surface area contributed by atoms with E-state index in [4.69, 9.17) is 0 Å². The van der Waals surface area contributed by atoms with Gasteiger partial charge in [-0.2, -0.15) is 0 Å². The Hall–Kier alpha value is -1.01. The predicted molar refractivity (Wildman–Crippen MR) is 74.4 cm³/mol. The molecule has 1 aromatic rings. The fourth-order valence-electron chi connectivity index (χ4n) is 2.53. The van der Waals surface area contributed by atoms with E-state index in [0.717, 1.165) is 31.4 Å². The molecule has 1 aromatic carbocycles. The number of hydrogen-bond acceptors (Lipinski definition) is 2. The predicted octanol–water partition coefficient (Wildman–Crippen LogP) is 3.01. The van der Waals surface area contributed by atoms with Crippen LogP contribution in [0.1, 0.15) is 36.0 Å². The first kappa shape index (κ1) is 15.4. The van der Waals surface area contributed by atoms with Crippen LogP contribution in [0, 0.1) is 17.6 Å². The first-order chi connectivity index (χ1) is 9.47. The van der Waals surface area contributed by atoms with E-state index in [1.54, 1.807) is 0 Å². The van der Waals surface area contributed by atoms with E-state index in [9.17, 15) is 18.7 Å². The summed E-state index contributed by atoms with van der Waals surface area (Å²) in [5.41, 5.74) is -0.565. The van der Waals surface area contributed by atoms with Crippen molar-refractivity contribution in [3.05, 3.63) is 33.8 Å². The molecule has 1 aliphatic carbocycles. The van der Waals surface area contributed by atoms with Crippen LogP contribution in [0.2, 0.25) is 0 Å². The van der Waals surface area contributed by atoms with Crippen LogP contribution in [0.25, 0.3) is 0 Å². The van der Waals surface area contributed by atoms with Gasteiger partial charge in [0.1, 0.15) is 17.2 Å². The monoisotopic (exact) mass is 347 g/mol. The minimum absolute atomic E-state index is 0.157. The number of carbonyl (C=O) groups is 1. The third-order valence-corrected chi connectivity index (χ3v) is 4.00. The summed E-state index contributed by atoms with van der Waals surface area (Å²) in [5, 5.41) is 12.1. The summed E-state index contributed by atoms with van der Waals surface area (Å²) in [7, 11) is 0. The van der Waals surface area contributed by atoms with Crippen LogP contribution < -0.4 is 5.32 Å². The first-order valence-electron chi connectivity index (χ1n) is 6.58. The SMILES string of the molecule is O=C(NC[C@H]1CCC[C@H](O)C1)c1c(F)cc(Br)cc1F. The van der Waals surface area contributed by atoms with Gasteiger partial charge in [0, 0.05) is 11.0 Å². The lowest BCUT2D eigenvalue weighted by atomic mass is 9.87. The van der Waals surface area contributed by atoms with Crippen LogP contribution in [0.3, 0.4) is 0 Å². The third kappa shape index (κ3) is 3.76. The molecule has 2 atom stereocenters. The number of benzene rings is 1. The fourth-order valence-corrected chi connectivity index (χ4v) is 2.93. The molecule has 1 saturated carbocycles. The topological polar surface area (TPSA) is 49.3 Å². The molecule has 1 fully saturated rings. The lowest BCUT2D eigenvalue weighted by Crippen LogP contribution is -2.33. The average Bonchev–Trinajstić information content (AvgIpc) is 2.35. The highest BCUT2D eigenvalue weighted by Crippen LogP contribution is 2.24. The van der Waals surface area contributed by atoms with Gasteiger partial charge in [-0.15, -0.1) is 0 Å². The summed E-state index contributed by atoms with van der Waals surface area (Å²) in [6.45, 7) is 0.324. The first-order valence-corrected chi connectivity index (χ1v) is 7.37. The molecule has 6 heteroatoms. The van der Waals surface area contributed by atoms with Crippen molar-refractivity contribution in [3.8, 4) is 0 Å². The number of halogens is 3. The minimum Gasteiger partial charge on any atom is -0.393 e. The zero-order valence-corrected chi connectivity index (χ0v) is 12.4. The van der Waals surface area contributed by atoms with Crippen molar-refractivity contribution in [2.24, 2.45) is 5.92 Å². The summed E-state index contributed by atoms with van der Waals surface area (Å²) in [5.74, 6) is -2.38. The molecule has 0 heterocycles. The quantitative estimate of drug-likeness (QED) is 0.882. The highest BCUT2D eigenvalue weighted by molar-refractivity contribution is 9.10.